The van der Waals surface area contributed by atoms with E-state index in [1.165, 1.54) is 0 Å². The summed E-state index contributed by atoms with van der Waals surface area (Å²) in [5.41, 5.74) is 1.94. The molecular formula is C16H13NOSe. The number of aromatic nitrogens is 1. The Morgan fingerprint density at radius 2 is 1.68 bits per heavy atom. The van der Waals surface area contributed by atoms with Crippen molar-refractivity contribution in [3.8, 4) is 0 Å². The zero-order chi connectivity index (χ0) is 13.2. The first-order valence-electron chi connectivity index (χ1n) is 6.07. The molecule has 0 bridgehead atoms. The number of fused-ring (bicyclic) bond motifs is 1. The van der Waals surface area contributed by atoms with E-state index in [0.717, 1.165) is 20.9 Å². The van der Waals surface area contributed by atoms with Crippen LogP contribution < -0.4 is 4.46 Å². The Bertz CT molecular complexity index is 731. The maximum atomic E-state index is 12.5. The Labute approximate surface area is 118 Å². The molecule has 0 aliphatic carbocycles. The molecule has 3 heteroatoms. The van der Waals surface area contributed by atoms with E-state index in [4.69, 9.17) is 0 Å². The van der Waals surface area contributed by atoms with E-state index in [2.05, 4.69) is 0 Å². The van der Waals surface area contributed by atoms with Gasteiger partial charge in [0.15, 0.2) is 0 Å². The summed E-state index contributed by atoms with van der Waals surface area (Å²) in [5.74, 6) is 0. The van der Waals surface area contributed by atoms with Crippen molar-refractivity contribution >= 4 is 35.0 Å². The molecule has 3 rings (SSSR count). The van der Waals surface area contributed by atoms with E-state index in [1.807, 2.05) is 72.4 Å². The summed E-state index contributed by atoms with van der Waals surface area (Å²) in [6, 6.07) is 18.0. The van der Waals surface area contributed by atoms with Crippen LogP contribution in [0.1, 0.15) is 10.4 Å². The molecule has 19 heavy (non-hydrogen) atoms. The Kier molecular flexibility index (Phi) is 3.24. The van der Waals surface area contributed by atoms with Crippen LogP contribution in [0.3, 0.4) is 0 Å². The van der Waals surface area contributed by atoms with Crippen LogP contribution in [0.4, 0.5) is 0 Å². The number of benzene rings is 2. The fourth-order valence-corrected chi connectivity index (χ4v) is 3.79. The van der Waals surface area contributed by atoms with Gasteiger partial charge >= 0.3 is 118 Å². The molecule has 3 aromatic rings. The number of para-hydroxylation sites is 1. The van der Waals surface area contributed by atoms with Gasteiger partial charge in [0.25, 0.3) is 0 Å². The van der Waals surface area contributed by atoms with Gasteiger partial charge in [-0.2, -0.15) is 0 Å². The van der Waals surface area contributed by atoms with E-state index < -0.39 is 0 Å². The van der Waals surface area contributed by atoms with Gasteiger partial charge in [-0.3, -0.25) is 0 Å². The van der Waals surface area contributed by atoms with Gasteiger partial charge in [-0.1, -0.05) is 0 Å². The molecule has 0 radical (unpaired) electrons. The van der Waals surface area contributed by atoms with Gasteiger partial charge in [0.2, 0.25) is 0 Å². The third-order valence-electron chi connectivity index (χ3n) is 3.07. The van der Waals surface area contributed by atoms with Gasteiger partial charge in [-0.05, 0) is 0 Å². The Morgan fingerprint density at radius 1 is 1.00 bits per heavy atom. The number of hydrogen-bond donors (Lipinski definition) is 0. The average Bonchev–Trinajstić information content (AvgIpc) is 2.78. The van der Waals surface area contributed by atoms with Crippen LogP contribution in [0.2, 0.25) is 0 Å². The second-order valence-corrected chi connectivity index (χ2v) is 6.57. The molecule has 0 spiro atoms. The van der Waals surface area contributed by atoms with Gasteiger partial charge in [-0.15, -0.1) is 0 Å². The molecule has 2 nitrogen and oxygen atoms in total. The van der Waals surface area contributed by atoms with E-state index in [1.54, 1.807) is 0 Å². The summed E-state index contributed by atoms with van der Waals surface area (Å²) < 4.78 is 3.37. The fraction of sp³-hybridized carbons (Fsp3) is 0.0625. The summed E-state index contributed by atoms with van der Waals surface area (Å²) in [7, 11) is 1.98. The summed E-state index contributed by atoms with van der Waals surface area (Å²) in [5, 5.41) is 1.05. The maximum absolute atomic E-state index is 12.5. The molecule has 0 amide bonds. The molecule has 0 N–H and O–H groups in total. The van der Waals surface area contributed by atoms with E-state index in [9.17, 15) is 4.79 Å². The molecule has 2 aromatic carbocycles. The van der Waals surface area contributed by atoms with Crippen LogP contribution in [-0.2, 0) is 7.05 Å². The zero-order valence-corrected chi connectivity index (χ0v) is 12.3. The van der Waals surface area contributed by atoms with Crippen LogP contribution in [0.25, 0.3) is 10.9 Å². The van der Waals surface area contributed by atoms with Crippen molar-refractivity contribution in [2.75, 3.05) is 0 Å². The van der Waals surface area contributed by atoms with Crippen molar-refractivity contribution in [2.45, 2.75) is 0 Å². The number of nitrogens with zero attached hydrogens (tertiary/aromatic N) is 1. The third kappa shape index (κ3) is 2.35. The van der Waals surface area contributed by atoms with Crippen LogP contribution >= 0.6 is 0 Å². The zero-order valence-electron chi connectivity index (χ0n) is 10.5. The van der Waals surface area contributed by atoms with Gasteiger partial charge in [0.05, 0.1) is 0 Å². The predicted octanol–water partition coefficient (Wildman–Crippen LogP) is 2.35. The van der Waals surface area contributed by atoms with Crippen LogP contribution in [0.15, 0.2) is 60.8 Å². The second-order valence-electron chi connectivity index (χ2n) is 4.37. The van der Waals surface area contributed by atoms with Gasteiger partial charge in [0.1, 0.15) is 0 Å². The number of aryl methyl sites for hydroxylation is 1. The number of carbonyl (C=O) groups excluding carboxylic acids is 1. The van der Waals surface area contributed by atoms with Crippen molar-refractivity contribution in [1.29, 1.82) is 0 Å². The second kappa shape index (κ2) is 5.04. The van der Waals surface area contributed by atoms with Crippen molar-refractivity contribution in [2.24, 2.45) is 7.05 Å². The molecule has 1 aromatic heterocycles. The number of hydrogen-bond acceptors (Lipinski definition) is 1. The van der Waals surface area contributed by atoms with Gasteiger partial charge in [0, 0.05) is 0 Å². The van der Waals surface area contributed by atoms with E-state index >= 15 is 0 Å². The first-order valence-corrected chi connectivity index (χ1v) is 7.78. The topological polar surface area (TPSA) is 22.0 Å². The predicted molar refractivity (Wildman–Crippen MR) is 79.1 cm³/mol. The van der Waals surface area contributed by atoms with Crippen molar-refractivity contribution < 1.29 is 4.79 Å². The average molecular weight is 314 g/mol. The van der Waals surface area contributed by atoms with Crippen molar-refractivity contribution in [1.82, 2.24) is 4.57 Å². The van der Waals surface area contributed by atoms with Crippen LogP contribution in [0, 0.1) is 0 Å². The molecule has 0 saturated carbocycles. The first kappa shape index (κ1) is 12.2. The number of rotatable bonds is 3. The summed E-state index contributed by atoms with van der Waals surface area (Å²) >= 11 is -0.161. The minimum absolute atomic E-state index is 0.161. The monoisotopic (exact) mass is 315 g/mol. The minimum atomic E-state index is -0.161. The molecule has 0 unspecified atom stereocenters. The molecule has 0 atom stereocenters. The normalized spacial score (nSPS) is 10.8. The molecule has 0 fully saturated rings. The molecular weight excluding hydrogens is 301 g/mol. The SMILES string of the molecule is Cn1cc(C(=O)[Se]c2ccccc2)c2ccccc21. The first-order chi connectivity index (χ1) is 9.25. The molecule has 94 valence electrons. The Morgan fingerprint density at radius 3 is 2.47 bits per heavy atom. The van der Waals surface area contributed by atoms with E-state index in [0.29, 0.717) is 0 Å². The van der Waals surface area contributed by atoms with Gasteiger partial charge in [-0.25, -0.2) is 0 Å². The summed E-state index contributed by atoms with van der Waals surface area (Å²) in [4.78, 5) is 12.5. The fourth-order valence-electron chi connectivity index (χ4n) is 2.15. The van der Waals surface area contributed by atoms with E-state index in [-0.39, 0.29) is 19.6 Å². The Hall–Kier alpha value is -1.83. The van der Waals surface area contributed by atoms with Crippen LogP contribution in [0.5, 0.6) is 0 Å². The summed E-state index contributed by atoms with van der Waals surface area (Å²) in [6.07, 6.45) is 1.94. The van der Waals surface area contributed by atoms with Gasteiger partial charge < -0.3 is 0 Å². The molecule has 0 saturated heterocycles. The van der Waals surface area contributed by atoms with Crippen molar-refractivity contribution in [3.05, 3.63) is 66.4 Å². The third-order valence-corrected chi connectivity index (χ3v) is 4.99. The number of carbonyl (C=O) groups is 1. The quantitative estimate of drug-likeness (QED) is 0.680. The summed E-state index contributed by atoms with van der Waals surface area (Å²) in [6.45, 7) is 0. The van der Waals surface area contributed by atoms with Crippen LogP contribution in [-0.4, -0.2) is 24.2 Å². The molecule has 1 heterocycles. The molecule has 0 aliphatic heterocycles. The van der Waals surface area contributed by atoms with Crippen molar-refractivity contribution in [3.63, 3.8) is 0 Å². The Balaban J connectivity index is 1.98. The molecule has 0 aliphatic rings. The standard InChI is InChI=1S/C16H13NOSe/c1-17-11-14(13-9-5-6-10-15(13)17)16(18)19-12-7-3-2-4-8-12/h2-11H,1H3.